The van der Waals surface area contributed by atoms with Gasteiger partial charge in [-0.2, -0.15) is 0 Å². The summed E-state index contributed by atoms with van der Waals surface area (Å²) in [5, 5.41) is 42.1. The standard InChI is InChI=1S/C59H80N14O9/c1-30(2)47(70-52(75)44(24-34-27-64-41-20-12-9-16-37(34)41)67-51(74)40(60)19-15-23-63-59(61)62)54(77)68-45(25-35-28-65-42-21-13-10-17-38(35)42)53(76)71-49(32(5)6)56(79)73-50(33(7)8)57(80)72-48(31(3)4)55(78)69-46(58(81)82)26-36-29-66-43-22-14-11-18-39(36)43/h9-14,16-18,20-22,27-33,40,44-50,64-66H,15,19,23-26,60H2,1-8H3,(H,67,74)(H,68,77)(H,69,78)(H,70,75)(H,71,76)(H,72,80)(H,73,79)(H,81,82)(H4,61,62,63)/t40-,44-,45-,46-,47-,48-,49-,50-/m0/s1. The number of carbonyl (C=O) groups excluding carboxylic acids is 7. The Labute approximate surface area is 476 Å². The first kappa shape index (κ1) is 62.5. The molecule has 3 aromatic carbocycles. The van der Waals surface area contributed by atoms with Crippen LogP contribution in [-0.4, -0.2) is 128 Å². The van der Waals surface area contributed by atoms with Crippen LogP contribution in [0.5, 0.6) is 0 Å². The van der Waals surface area contributed by atoms with Crippen molar-refractivity contribution in [1.29, 1.82) is 5.41 Å². The molecule has 0 radical (unpaired) electrons. The van der Waals surface area contributed by atoms with E-state index in [0.29, 0.717) is 29.7 Å². The van der Waals surface area contributed by atoms with E-state index >= 15 is 0 Å². The normalized spacial score (nSPS) is 14.5. The highest BCUT2D eigenvalue weighted by Crippen LogP contribution is 2.23. The number of benzene rings is 3. The Balaban J connectivity index is 1.19. The number of aromatic nitrogens is 3. The summed E-state index contributed by atoms with van der Waals surface area (Å²) in [4.78, 5) is 122. The highest BCUT2D eigenvalue weighted by atomic mass is 16.4. The van der Waals surface area contributed by atoms with Crippen LogP contribution >= 0.6 is 0 Å². The molecule has 6 rings (SSSR count). The van der Waals surface area contributed by atoms with Crippen LogP contribution in [0, 0.1) is 29.1 Å². The minimum Gasteiger partial charge on any atom is -0.480 e. The fourth-order valence-corrected chi connectivity index (χ4v) is 9.79. The number of para-hydroxylation sites is 3. The number of H-pyrrole nitrogens is 3. The van der Waals surface area contributed by atoms with Gasteiger partial charge in [-0.25, -0.2) is 4.79 Å². The lowest BCUT2D eigenvalue weighted by Gasteiger charge is -2.31. The Kier molecular flexibility index (Phi) is 21.8. The van der Waals surface area contributed by atoms with Crippen molar-refractivity contribution < 1.29 is 43.5 Å². The second kappa shape index (κ2) is 28.6. The molecule has 23 nitrogen and oxygen atoms in total. The molecule has 0 saturated carbocycles. The molecule has 23 heteroatoms. The molecule has 0 spiro atoms. The summed E-state index contributed by atoms with van der Waals surface area (Å²) in [5.41, 5.74) is 16.1. The number of aliphatic carboxylic acids is 1. The molecule has 440 valence electrons. The van der Waals surface area contributed by atoms with E-state index in [9.17, 15) is 43.5 Å². The third kappa shape index (κ3) is 16.4. The molecule has 8 atom stereocenters. The molecule has 82 heavy (non-hydrogen) atoms. The molecular weight excluding hydrogens is 1050 g/mol. The number of carbonyl (C=O) groups is 8. The lowest BCUT2D eigenvalue weighted by Crippen LogP contribution is -2.62. The third-order valence-electron chi connectivity index (χ3n) is 14.5. The predicted octanol–water partition coefficient (Wildman–Crippen LogP) is 2.85. The Morgan fingerprint density at radius 2 is 0.768 bits per heavy atom. The molecule has 0 aliphatic heterocycles. The summed E-state index contributed by atoms with van der Waals surface area (Å²) >= 11 is 0. The first-order chi connectivity index (χ1) is 38.9. The maximum absolute atomic E-state index is 14.8. The Morgan fingerprint density at radius 3 is 1.11 bits per heavy atom. The van der Waals surface area contributed by atoms with E-state index in [1.54, 1.807) is 74.0 Å². The van der Waals surface area contributed by atoms with Crippen LogP contribution < -0.4 is 54.0 Å². The van der Waals surface area contributed by atoms with Gasteiger partial charge in [0.1, 0.15) is 42.3 Å². The number of aromatic amines is 3. The number of nitrogens with two attached hydrogens (primary N) is 2. The van der Waals surface area contributed by atoms with Gasteiger partial charge in [0, 0.05) is 77.1 Å². The molecule has 3 heterocycles. The molecule has 0 aliphatic carbocycles. The smallest absolute Gasteiger partial charge is 0.326 e. The third-order valence-corrected chi connectivity index (χ3v) is 14.5. The minimum absolute atomic E-state index is 0.0180. The number of nitrogens with one attached hydrogen (secondary N) is 12. The van der Waals surface area contributed by atoms with E-state index in [1.165, 1.54) is 0 Å². The largest absolute Gasteiger partial charge is 0.480 e. The lowest BCUT2D eigenvalue weighted by molar-refractivity contribution is -0.142. The average Bonchev–Trinajstić information content (AvgIpc) is 4.27. The fourth-order valence-electron chi connectivity index (χ4n) is 9.79. The van der Waals surface area contributed by atoms with E-state index in [0.717, 1.165) is 32.7 Å². The summed E-state index contributed by atoms with van der Waals surface area (Å²) in [6.07, 6.45) is 5.69. The summed E-state index contributed by atoms with van der Waals surface area (Å²) in [5.74, 6) is -8.63. The van der Waals surface area contributed by atoms with Crippen molar-refractivity contribution in [2.75, 3.05) is 6.54 Å². The zero-order valence-corrected chi connectivity index (χ0v) is 47.7. The summed E-state index contributed by atoms with van der Waals surface area (Å²) in [6, 6.07) is 12.4. The lowest BCUT2D eigenvalue weighted by atomic mass is 9.97. The number of guanidine groups is 1. The molecule has 0 fully saturated rings. The summed E-state index contributed by atoms with van der Waals surface area (Å²) in [6.45, 7) is 13.9. The van der Waals surface area contributed by atoms with Gasteiger partial charge in [-0.3, -0.25) is 39.0 Å². The first-order valence-corrected chi connectivity index (χ1v) is 27.8. The van der Waals surface area contributed by atoms with Crippen LogP contribution in [0.25, 0.3) is 32.7 Å². The number of rotatable bonds is 29. The number of hydrogen-bond acceptors (Lipinski definition) is 10. The number of amides is 7. The van der Waals surface area contributed by atoms with Crippen LogP contribution in [0.15, 0.2) is 91.4 Å². The van der Waals surface area contributed by atoms with Crippen LogP contribution in [0.2, 0.25) is 0 Å². The predicted molar refractivity (Wildman–Crippen MR) is 314 cm³/mol. The van der Waals surface area contributed by atoms with Crippen molar-refractivity contribution >= 4 is 86.0 Å². The van der Waals surface area contributed by atoms with E-state index in [4.69, 9.17) is 16.9 Å². The number of carboxylic acids is 1. The van der Waals surface area contributed by atoms with Crippen LogP contribution in [0.4, 0.5) is 0 Å². The molecule has 0 saturated heterocycles. The topological polar surface area (TPSA) is 376 Å². The minimum atomic E-state index is -1.34. The highest BCUT2D eigenvalue weighted by molar-refractivity contribution is 5.99. The molecule has 6 aromatic rings. The van der Waals surface area contributed by atoms with Crippen molar-refractivity contribution in [2.24, 2.45) is 35.1 Å². The van der Waals surface area contributed by atoms with Gasteiger partial charge in [0.2, 0.25) is 41.4 Å². The van der Waals surface area contributed by atoms with Crippen molar-refractivity contribution in [3.8, 4) is 0 Å². The summed E-state index contributed by atoms with van der Waals surface area (Å²) < 4.78 is 0. The molecule has 3 aromatic heterocycles. The maximum atomic E-state index is 14.8. The van der Waals surface area contributed by atoms with Crippen molar-refractivity contribution in [2.45, 2.75) is 136 Å². The van der Waals surface area contributed by atoms with E-state index < -0.39 is 119 Å². The molecule has 17 N–H and O–H groups in total. The number of fused-ring (bicyclic) bond motifs is 3. The first-order valence-electron chi connectivity index (χ1n) is 27.8. The van der Waals surface area contributed by atoms with Gasteiger partial charge in [-0.05, 0) is 71.4 Å². The fraction of sp³-hybridized carbons (Fsp3) is 0.441. The zero-order valence-electron chi connectivity index (χ0n) is 47.7. The van der Waals surface area contributed by atoms with Gasteiger partial charge in [0.15, 0.2) is 5.96 Å². The number of carboxylic acid groups (broad SMARTS) is 1. The maximum Gasteiger partial charge on any atom is 0.326 e. The van der Waals surface area contributed by atoms with E-state index in [1.807, 2.05) is 72.8 Å². The SMILES string of the molecule is CC(C)[C@H](NC(=O)[C@H](Cc1c[nH]c2ccccc12)NC(=O)[C@@H](N)CCCNC(=N)N)C(=O)N[C@@H](Cc1c[nH]c2ccccc12)C(=O)N[C@H](C(=O)N[C@H](C(=O)N[C@H](C(=O)N[C@@H](Cc1c[nH]c2ccccc12)C(=O)O)C(C)C)C(C)C)C(C)C. The monoisotopic (exact) mass is 1130 g/mol. The molecular formula is C59H80N14O9. The van der Waals surface area contributed by atoms with Crippen LogP contribution in [0.1, 0.15) is 84.9 Å². The van der Waals surface area contributed by atoms with E-state index in [2.05, 4.69) is 57.5 Å². The van der Waals surface area contributed by atoms with E-state index in [-0.39, 0.29) is 31.6 Å². The summed E-state index contributed by atoms with van der Waals surface area (Å²) in [7, 11) is 0. The van der Waals surface area contributed by atoms with Crippen molar-refractivity contribution in [1.82, 2.24) is 57.5 Å². The van der Waals surface area contributed by atoms with Gasteiger partial charge in [0.25, 0.3) is 0 Å². The number of hydrogen-bond donors (Lipinski definition) is 15. The van der Waals surface area contributed by atoms with Crippen LogP contribution in [-0.2, 0) is 57.6 Å². The zero-order chi connectivity index (χ0) is 59.9. The quantitative estimate of drug-likeness (QED) is 0.0183. The van der Waals surface area contributed by atoms with Crippen LogP contribution in [0.3, 0.4) is 0 Å². The highest BCUT2D eigenvalue weighted by Gasteiger charge is 2.38. The van der Waals surface area contributed by atoms with Gasteiger partial charge >= 0.3 is 5.97 Å². The Hall–Kier alpha value is -8.73. The van der Waals surface area contributed by atoms with Gasteiger partial charge in [0.05, 0.1) is 6.04 Å². The van der Waals surface area contributed by atoms with Crippen molar-refractivity contribution in [3.63, 3.8) is 0 Å². The Morgan fingerprint density at radius 1 is 0.463 bits per heavy atom. The molecule has 0 unspecified atom stereocenters. The average molecular weight is 1130 g/mol. The van der Waals surface area contributed by atoms with Crippen molar-refractivity contribution in [3.05, 3.63) is 108 Å². The molecule has 0 bridgehead atoms. The van der Waals surface area contributed by atoms with Gasteiger partial charge in [-0.1, -0.05) is 110 Å². The second-order valence-electron chi connectivity index (χ2n) is 22.2. The molecule has 7 amide bonds. The second-order valence-corrected chi connectivity index (χ2v) is 22.2. The molecule has 0 aliphatic rings. The van der Waals surface area contributed by atoms with Gasteiger partial charge in [-0.15, -0.1) is 0 Å². The Bertz CT molecular complexity index is 3230. The van der Waals surface area contributed by atoms with Gasteiger partial charge < -0.3 is 74.1 Å².